The number of rotatable bonds is 8. The Labute approximate surface area is 182 Å². The van der Waals surface area contributed by atoms with Gasteiger partial charge in [0.05, 0.1) is 16.3 Å². The van der Waals surface area contributed by atoms with Crippen molar-refractivity contribution >= 4 is 29.3 Å². The molecule has 1 N–H and O–H groups in total. The molecule has 0 amide bonds. The second kappa shape index (κ2) is 10.1. The van der Waals surface area contributed by atoms with Crippen LogP contribution >= 0.6 is 11.3 Å². The van der Waals surface area contributed by atoms with Gasteiger partial charge >= 0.3 is 13.2 Å². The number of hydrogen-bond acceptors (Lipinski definition) is 6. The molecule has 0 aliphatic rings. The molecule has 0 saturated carbocycles. The topological polar surface area (TPSA) is 77.6 Å². The van der Waals surface area contributed by atoms with Crippen molar-refractivity contribution in [2.24, 2.45) is 0 Å². The Balaban J connectivity index is 1.96. The van der Waals surface area contributed by atoms with Crippen molar-refractivity contribution < 1.29 is 36.6 Å². The van der Waals surface area contributed by atoms with E-state index >= 15 is 0 Å². The average Bonchev–Trinajstić information content (AvgIpc) is 3.07. The first-order valence-corrected chi connectivity index (χ1v) is 9.71. The van der Waals surface area contributed by atoms with Crippen LogP contribution in [0.2, 0.25) is 0 Å². The summed E-state index contributed by atoms with van der Waals surface area (Å²) in [6.07, 6.45) is 2.46. The molecule has 2 aromatic carbocycles. The smallest absolute Gasteiger partial charge is 0.387 e. The normalized spacial score (nSPS) is 12.5. The molecular formula is C21H15F4NO5S. The molecular weight excluding hydrogens is 454 g/mol. The van der Waals surface area contributed by atoms with E-state index in [4.69, 9.17) is 4.74 Å². The minimum absolute atomic E-state index is 0.0345. The zero-order valence-electron chi connectivity index (χ0n) is 16.3. The number of Topliss-reactive ketones (excluding diaryl/α,β-unsaturated/α-hetero) is 1. The Morgan fingerprint density at radius 2 is 1.66 bits per heavy atom. The highest BCUT2D eigenvalue weighted by Crippen LogP contribution is 2.28. The molecule has 6 nitrogen and oxygen atoms in total. The standard InChI is InChI=1S/C21H15F4NO5S/c1-29-13-5-2-11(3-6-13)15(27)10-18-26-19(28)17(32-18)8-12-4-7-14(30-20(22)23)9-16(12)31-21(24)25/h2-10,20-21H,1H3,(H,26,28)/b17-8+,18-10+. The van der Waals surface area contributed by atoms with Gasteiger partial charge in [0.15, 0.2) is 5.78 Å². The maximum Gasteiger partial charge on any atom is 0.387 e. The molecule has 0 unspecified atom stereocenters. The number of alkyl halides is 4. The highest BCUT2D eigenvalue weighted by Gasteiger charge is 2.13. The van der Waals surface area contributed by atoms with Crippen molar-refractivity contribution in [3.63, 3.8) is 0 Å². The van der Waals surface area contributed by atoms with Crippen LogP contribution < -0.4 is 29.0 Å². The maximum absolute atomic E-state index is 12.7. The summed E-state index contributed by atoms with van der Waals surface area (Å²) in [5.41, 5.74) is -0.167. The number of nitrogens with one attached hydrogen (secondary N) is 1. The van der Waals surface area contributed by atoms with Gasteiger partial charge in [0, 0.05) is 23.3 Å². The third kappa shape index (κ3) is 5.97. The van der Waals surface area contributed by atoms with Gasteiger partial charge in [-0.2, -0.15) is 17.6 Å². The molecule has 0 radical (unpaired) electrons. The van der Waals surface area contributed by atoms with E-state index in [1.54, 1.807) is 24.3 Å². The number of ether oxygens (including phenoxy) is 3. The summed E-state index contributed by atoms with van der Waals surface area (Å²) in [6, 6.07) is 9.54. The monoisotopic (exact) mass is 469 g/mol. The van der Waals surface area contributed by atoms with Crippen molar-refractivity contribution in [2.45, 2.75) is 13.2 Å². The van der Waals surface area contributed by atoms with Crippen LogP contribution in [0, 0.1) is 0 Å². The van der Waals surface area contributed by atoms with Crippen molar-refractivity contribution in [1.82, 2.24) is 4.98 Å². The number of halogens is 4. The van der Waals surface area contributed by atoms with Crippen LogP contribution in [-0.4, -0.2) is 31.1 Å². The number of thiazole rings is 1. The fraction of sp³-hybridized carbons (Fsp3) is 0.143. The van der Waals surface area contributed by atoms with Crippen molar-refractivity contribution in [3.8, 4) is 17.2 Å². The largest absolute Gasteiger partial charge is 0.497 e. The highest BCUT2D eigenvalue weighted by molar-refractivity contribution is 7.07. The van der Waals surface area contributed by atoms with Gasteiger partial charge in [0.1, 0.15) is 17.2 Å². The fourth-order valence-electron chi connectivity index (χ4n) is 2.63. The number of methoxy groups -OCH3 is 1. The number of benzene rings is 2. The minimum Gasteiger partial charge on any atom is -0.497 e. The molecule has 3 aromatic rings. The summed E-state index contributed by atoms with van der Waals surface area (Å²) in [4.78, 5) is 27.2. The Kier molecular flexibility index (Phi) is 7.31. The number of ketones is 1. The Hall–Kier alpha value is -3.60. The predicted molar refractivity (Wildman–Crippen MR) is 109 cm³/mol. The molecule has 1 aromatic heterocycles. The molecule has 0 saturated heterocycles. The highest BCUT2D eigenvalue weighted by atomic mass is 32.1. The van der Waals surface area contributed by atoms with Gasteiger partial charge in [0.2, 0.25) is 0 Å². The van der Waals surface area contributed by atoms with Crippen LogP contribution in [0.25, 0.3) is 12.2 Å². The first-order chi connectivity index (χ1) is 15.2. The third-order valence-corrected chi connectivity index (χ3v) is 4.99. The van der Waals surface area contributed by atoms with Crippen LogP contribution in [-0.2, 0) is 0 Å². The average molecular weight is 469 g/mol. The maximum atomic E-state index is 12.7. The summed E-state index contributed by atoms with van der Waals surface area (Å²) in [5, 5.41) is 0. The van der Waals surface area contributed by atoms with E-state index < -0.39 is 24.5 Å². The van der Waals surface area contributed by atoms with E-state index in [0.29, 0.717) is 11.3 Å². The molecule has 0 spiro atoms. The zero-order chi connectivity index (χ0) is 23.3. The second-order valence-corrected chi connectivity index (χ2v) is 7.21. The van der Waals surface area contributed by atoms with Gasteiger partial charge < -0.3 is 19.2 Å². The summed E-state index contributed by atoms with van der Waals surface area (Å²) in [7, 11) is 1.49. The fourth-order valence-corrected chi connectivity index (χ4v) is 3.51. The summed E-state index contributed by atoms with van der Waals surface area (Å²) >= 11 is 0.908. The third-order valence-electron chi connectivity index (χ3n) is 4.03. The van der Waals surface area contributed by atoms with Gasteiger partial charge in [-0.05, 0) is 42.5 Å². The van der Waals surface area contributed by atoms with Crippen molar-refractivity contribution in [3.05, 3.63) is 73.1 Å². The Morgan fingerprint density at radius 3 is 2.28 bits per heavy atom. The summed E-state index contributed by atoms with van der Waals surface area (Å²) in [6.45, 7) is -6.37. The van der Waals surface area contributed by atoms with Crippen LogP contribution in [0.3, 0.4) is 0 Å². The number of hydrogen-bond donors (Lipinski definition) is 1. The van der Waals surface area contributed by atoms with Gasteiger partial charge in [0.25, 0.3) is 5.56 Å². The molecule has 3 rings (SSSR count). The minimum atomic E-state index is -3.23. The van der Waals surface area contributed by atoms with Crippen molar-refractivity contribution in [1.29, 1.82) is 0 Å². The zero-order valence-corrected chi connectivity index (χ0v) is 17.1. The lowest BCUT2D eigenvalue weighted by Gasteiger charge is -2.10. The number of H-pyrrole nitrogens is 1. The van der Waals surface area contributed by atoms with Gasteiger partial charge in [-0.25, -0.2) is 0 Å². The van der Waals surface area contributed by atoms with E-state index in [1.807, 2.05) is 0 Å². The molecule has 0 fully saturated rings. The number of aromatic nitrogens is 1. The number of carbonyl (C=O) groups is 1. The van der Waals surface area contributed by atoms with Crippen LogP contribution in [0.4, 0.5) is 17.6 Å². The SMILES string of the molecule is COc1ccc(C(=O)/C=c2\[nH]c(=O)/c(=C\c3ccc(OC(F)F)cc3OC(F)F)s2)cc1. The van der Waals surface area contributed by atoms with E-state index in [9.17, 15) is 27.2 Å². The molecule has 168 valence electrons. The second-order valence-electron chi connectivity index (χ2n) is 6.12. The molecule has 11 heteroatoms. The molecule has 32 heavy (non-hydrogen) atoms. The van der Waals surface area contributed by atoms with E-state index in [2.05, 4.69) is 14.5 Å². The lowest BCUT2D eigenvalue weighted by atomic mass is 10.1. The van der Waals surface area contributed by atoms with Gasteiger partial charge in [-0.3, -0.25) is 9.59 Å². The van der Waals surface area contributed by atoms with Crippen LogP contribution in [0.15, 0.2) is 47.3 Å². The van der Waals surface area contributed by atoms with E-state index in [1.165, 1.54) is 25.3 Å². The Bertz CT molecular complexity index is 1270. The lowest BCUT2D eigenvalue weighted by molar-refractivity contribution is -0.0543. The van der Waals surface area contributed by atoms with Crippen LogP contribution in [0.5, 0.6) is 17.2 Å². The summed E-state index contributed by atoms with van der Waals surface area (Å²) < 4.78 is 64.1. The number of carbonyl (C=O) groups excluding carboxylic acids is 1. The van der Waals surface area contributed by atoms with Crippen LogP contribution in [0.1, 0.15) is 15.9 Å². The molecule has 0 atom stereocenters. The lowest BCUT2D eigenvalue weighted by Crippen LogP contribution is -2.20. The van der Waals surface area contributed by atoms with Crippen molar-refractivity contribution in [2.75, 3.05) is 7.11 Å². The van der Waals surface area contributed by atoms with Gasteiger partial charge in [-0.1, -0.05) is 0 Å². The molecule has 0 aliphatic carbocycles. The predicted octanol–water partition coefficient (Wildman–Crippen LogP) is 3.14. The summed E-state index contributed by atoms with van der Waals surface area (Å²) in [5.74, 6) is -0.625. The molecule has 1 heterocycles. The quantitative estimate of drug-likeness (QED) is 0.405. The number of aromatic amines is 1. The van der Waals surface area contributed by atoms with E-state index in [-0.39, 0.29) is 26.3 Å². The molecule has 0 bridgehead atoms. The first-order valence-electron chi connectivity index (χ1n) is 8.90. The first kappa shape index (κ1) is 23.1. The molecule has 0 aliphatic heterocycles. The van der Waals surface area contributed by atoms with Gasteiger partial charge in [-0.15, -0.1) is 11.3 Å². The Morgan fingerprint density at radius 1 is 1.00 bits per heavy atom. The van der Waals surface area contributed by atoms with E-state index in [0.717, 1.165) is 23.5 Å².